The van der Waals surface area contributed by atoms with Crippen molar-refractivity contribution in [3.63, 3.8) is 0 Å². The van der Waals surface area contributed by atoms with Gasteiger partial charge in [0.1, 0.15) is 0 Å². The molecule has 0 aliphatic heterocycles. The van der Waals surface area contributed by atoms with Crippen LogP contribution in [0.15, 0.2) is 73.1 Å². The predicted octanol–water partition coefficient (Wildman–Crippen LogP) is 4.51. The maximum Gasteiger partial charge on any atom is 0.228 e. The fourth-order valence-electron chi connectivity index (χ4n) is 2.44. The lowest BCUT2D eigenvalue weighted by Crippen LogP contribution is -2.14. The van der Waals surface area contributed by atoms with Crippen LogP contribution >= 0.6 is 11.6 Å². The Kier molecular flexibility index (Phi) is 5.24. The maximum atomic E-state index is 12.1. The zero-order valence-corrected chi connectivity index (χ0v) is 13.8. The van der Waals surface area contributed by atoms with Gasteiger partial charge in [0.05, 0.1) is 6.42 Å². The fourth-order valence-corrected chi connectivity index (χ4v) is 2.56. The van der Waals surface area contributed by atoms with Crippen LogP contribution in [0.2, 0.25) is 5.02 Å². The molecule has 0 unspecified atom stereocenters. The van der Waals surface area contributed by atoms with Crippen LogP contribution in [0.25, 0.3) is 0 Å². The summed E-state index contributed by atoms with van der Waals surface area (Å²) in [5, 5.41) is 3.58. The first kappa shape index (κ1) is 16.2. The second-order valence-corrected chi connectivity index (χ2v) is 6.02. The van der Waals surface area contributed by atoms with Crippen molar-refractivity contribution in [2.24, 2.45) is 0 Å². The van der Waals surface area contributed by atoms with E-state index in [0.717, 1.165) is 17.7 Å². The molecule has 3 aromatic rings. The van der Waals surface area contributed by atoms with E-state index in [1.165, 1.54) is 11.1 Å². The molecule has 1 N–H and O–H groups in total. The Morgan fingerprint density at radius 3 is 2.08 bits per heavy atom. The fraction of sp³-hybridized carbons (Fsp3) is 0.100. The van der Waals surface area contributed by atoms with Crippen molar-refractivity contribution in [1.82, 2.24) is 4.98 Å². The van der Waals surface area contributed by atoms with Gasteiger partial charge in [-0.2, -0.15) is 0 Å². The molecule has 0 atom stereocenters. The van der Waals surface area contributed by atoms with Gasteiger partial charge in [-0.15, -0.1) is 0 Å². The number of hydrogen-bond acceptors (Lipinski definition) is 2. The average molecular weight is 337 g/mol. The number of hydrogen-bond donors (Lipinski definition) is 1. The van der Waals surface area contributed by atoms with Gasteiger partial charge < -0.3 is 5.32 Å². The molecule has 2 aromatic carbocycles. The van der Waals surface area contributed by atoms with E-state index in [4.69, 9.17) is 11.6 Å². The molecule has 0 aliphatic rings. The number of amides is 1. The summed E-state index contributed by atoms with van der Waals surface area (Å²) in [6.07, 6.45) is 4.76. The molecule has 4 heteroatoms. The van der Waals surface area contributed by atoms with Crippen molar-refractivity contribution in [2.75, 3.05) is 5.32 Å². The van der Waals surface area contributed by atoms with Crippen LogP contribution in [-0.4, -0.2) is 10.9 Å². The van der Waals surface area contributed by atoms with Gasteiger partial charge in [-0.1, -0.05) is 35.9 Å². The minimum Gasteiger partial charge on any atom is -0.326 e. The summed E-state index contributed by atoms with van der Waals surface area (Å²) in [5.41, 5.74) is 4.14. The van der Waals surface area contributed by atoms with E-state index in [1.54, 1.807) is 24.5 Å². The number of carbonyl (C=O) groups is 1. The number of benzene rings is 2. The lowest BCUT2D eigenvalue weighted by Gasteiger charge is -2.07. The summed E-state index contributed by atoms with van der Waals surface area (Å²) in [6, 6.07) is 19.2. The first-order valence-corrected chi connectivity index (χ1v) is 8.09. The normalized spacial score (nSPS) is 10.4. The molecule has 0 aliphatic carbocycles. The third-order valence-corrected chi connectivity index (χ3v) is 3.93. The van der Waals surface area contributed by atoms with E-state index in [-0.39, 0.29) is 5.91 Å². The van der Waals surface area contributed by atoms with Gasteiger partial charge in [0.25, 0.3) is 0 Å². The molecule has 0 bridgehead atoms. The molecular formula is C20H17ClN2O. The Hall–Kier alpha value is -2.65. The van der Waals surface area contributed by atoms with E-state index in [2.05, 4.69) is 10.3 Å². The molecule has 1 amide bonds. The van der Waals surface area contributed by atoms with Crippen molar-refractivity contribution >= 4 is 23.2 Å². The number of nitrogens with zero attached hydrogens (tertiary/aromatic N) is 1. The topological polar surface area (TPSA) is 42.0 Å². The predicted molar refractivity (Wildman–Crippen MR) is 97.3 cm³/mol. The number of carbonyl (C=O) groups excluding carboxylic acids is 1. The molecule has 0 saturated heterocycles. The molecular weight excluding hydrogens is 320 g/mol. The summed E-state index contributed by atoms with van der Waals surface area (Å²) >= 11 is 5.85. The van der Waals surface area contributed by atoms with Gasteiger partial charge >= 0.3 is 0 Å². The first-order valence-electron chi connectivity index (χ1n) is 7.71. The maximum absolute atomic E-state index is 12.1. The van der Waals surface area contributed by atoms with Crippen molar-refractivity contribution in [3.05, 3.63) is 94.8 Å². The number of halogens is 1. The molecule has 24 heavy (non-hydrogen) atoms. The third-order valence-electron chi connectivity index (χ3n) is 3.67. The number of anilines is 1. The molecule has 120 valence electrons. The Bertz CT molecular complexity index is 799. The monoisotopic (exact) mass is 336 g/mol. The number of pyridine rings is 1. The van der Waals surface area contributed by atoms with Crippen LogP contribution < -0.4 is 5.32 Å². The summed E-state index contributed by atoms with van der Waals surface area (Å²) in [4.78, 5) is 16.1. The quantitative estimate of drug-likeness (QED) is 0.745. The van der Waals surface area contributed by atoms with Gasteiger partial charge in [-0.05, 0) is 59.5 Å². The molecule has 0 saturated carbocycles. The van der Waals surface area contributed by atoms with E-state index >= 15 is 0 Å². The minimum absolute atomic E-state index is 0.0424. The van der Waals surface area contributed by atoms with E-state index in [1.807, 2.05) is 48.5 Å². The van der Waals surface area contributed by atoms with Crippen LogP contribution in [0.5, 0.6) is 0 Å². The Labute approximate surface area is 146 Å². The lowest BCUT2D eigenvalue weighted by molar-refractivity contribution is -0.115. The molecule has 1 aromatic heterocycles. The second kappa shape index (κ2) is 7.75. The Morgan fingerprint density at radius 2 is 1.42 bits per heavy atom. The Morgan fingerprint density at radius 1 is 0.833 bits per heavy atom. The van der Waals surface area contributed by atoms with Crippen molar-refractivity contribution in [1.29, 1.82) is 0 Å². The zero-order valence-electron chi connectivity index (χ0n) is 13.1. The van der Waals surface area contributed by atoms with Gasteiger partial charge in [-0.3, -0.25) is 9.78 Å². The van der Waals surface area contributed by atoms with Gasteiger partial charge in [0, 0.05) is 23.1 Å². The summed E-state index contributed by atoms with van der Waals surface area (Å²) in [7, 11) is 0. The largest absolute Gasteiger partial charge is 0.326 e. The highest BCUT2D eigenvalue weighted by Gasteiger charge is 2.04. The molecule has 0 fully saturated rings. The SMILES string of the molecule is O=C(Cc1ccc(Cl)cc1)Nc1ccc(Cc2ccncc2)cc1. The van der Waals surface area contributed by atoms with Crippen LogP contribution in [-0.2, 0) is 17.6 Å². The number of rotatable bonds is 5. The van der Waals surface area contributed by atoms with Gasteiger partial charge in [0.2, 0.25) is 5.91 Å². The summed E-state index contributed by atoms with van der Waals surface area (Å²) in [5.74, 6) is -0.0424. The van der Waals surface area contributed by atoms with Crippen LogP contribution in [0.4, 0.5) is 5.69 Å². The van der Waals surface area contributed by atoms with Crippen molar-refractivity contribution in [3.8, 4) is 0 Å². The third kappa shape index (κ3) is 4.67. The lowest BCUT2D eigenvalue weighted by atomic mass is 10.1. The molecule has 3 rings (SSSR count). The van der Waals surface area contributed by atoms with E-state index < -0.39 is 0 Å². The highest BCUT2D eigenvalue weighted by atomic mass is 35.5. The van der Waals surface area contributed by atoms with Crippen molar-refractivity contribution < 1.29 is 4.79 Å². The van der Waals surface area contributed by atoms with E-state index in [0.29, 0.717) is 11.4 Å². The van der Waals surface area contributed by atoms with Crippen LogP contribution in [0.1, 0.15) is 16.7 Å². The highest BCUT2D eigenvalue weighted by Crippen LogP contribution is 2.14. The Balaban J connectivity index is 1.57. The molecule has 0 spiro atoms. The van der Waals surface area contributed by atoms with Gasteiger partial charge in [0.15, 0.2) is 0 Å². The highest BCUT2D eigenvalue weighted by molar-refractivity contribution is 6.30. The second-order valence-electron chi connectivity index (χ2n) is 5.58. The first-order chi connectivity index (χ1) is 11.7. The zero-order chi connectivity index (χ0) is 16.8. The molecule has 0 radical (unpaired) electrons. The minimum atomic E-state index is -0.0424. The summed E-state index contributed by atoms with van der Waals surface area (Å²) in [6.45, 7) is 0. The van der Waals surface area contributed by atoms with E-state index in [9.17, 15) is 4.79 Å². The van der Waals surface area contributed by atoms with Crippen LogP contribution in [0, 0.1) is 0 Å². The number of nitrogens with one attached hydrogen (secondary N) is 1. The van der Waals surface area contributed by atoms with Crippen LogP contribution in [0.3, 0.4) is 0 Å². The van der Waals surface area contributed by atoms with Crippen molar-refractivity contribution in [2.45, 2.75) is 12.8 Å². The van der Waals surface area contributed by atoms with Gasteiger partial charge in [-0.25, -0.2) is 0 Å². The molecule has 1 heterocycles. The summed E-state index contributed by atoms with van der Waals surface area (Å²) < 4.78 is 0. The smallest absolute Gasteiger partial charge is 0.228 e. The molecule has 3 nitrogen and oxygen atoms in total. The average Bonchev–Trinajstić information content (AvgIpc) is 2.60. The standard InChI is InChI=1S/C20H17ClN2O/c21-18-5-1-16(2-6-18)14-20(24)23-19-7-3-15(4-8-19)13-17-9-11-22-12-10-17/h1-12H,13-14H2,(H,23,24). The number of aromatic nitrogens is 1.